The largest absolute Gasteiger partial charge is 0.497 e. The molecule has 0 spiro atoms. The van der Waals surface area contributed by atoms with Crippen molar-refractivity contribution in [3.05, 3.63) is 88.3 Å². The van der Waals surface area contributed by atoms with Crippen LogP contribution in [0, 0.1) is 0 Å². The lowest BCUT2D eigenvalue weighted by Crippen LogP contribution is -2.31. The summed E-state index contributed by atoms with van der Waals surface area (Å²) in [5.41, 5.74) is 1.37. The lowest BCUT2D eigenvalue weighted by molar-refractivity contribution is -0.119. The molecule has 2 amide bonds. The minimum absolute atomic E-state index is 0.332. The number of halogens is 1. The molecule has 4 rings (SSSR count). The zero-order valence-corrected chi connectivity index (χ0v) is 18.4. The Bertz CT molecular complexity index is 1170. The third-order valence-corrected chi connectivity index (χ3v) is 6.12. The molecule has 1 heterocycles. The molecule has 0 saturated carbocycles. The van der Waals surface area contributed by atoms with Crippen molar-refractivity contribution in [1.29, 1.82) is 0 Å². The molecule has 156 valence electrons. The number of ether oxygens (including phenoxy) is 2. The zero-order chi connectivity index (χ0) is 22.0. The van der Waals surface area contributed by atoms with Crippen molar-refractivity contribution >= 4 is 46.4 Å². The fourth-order valence-corrected chi connectivity index (χ4v) is 4.39. The second kappa shape index (κ2) is 8.88. The summed E-state index contributed by atoms with van der Waals surface area (Å²) >= 11 is 7.23. The second-order valence-corrected chi connectivity index (χ2v) is 8.13. The number of hydrogen-bond donors (Lipinski definition) is 0. The molecule has 0 fully saturated rings. The summed E-state index contributed by atoms with van der Waals surface area (Å²) in [7, 11) is 3.08. The summed E-state index contributed by atoms with van der Waals surface area (Å²) in [5.74, 6) is 0.294. The van der Waals surface area contributed by atoms with Crippen molar-refractivity contribution in [3.8, 4) is 11.5 Å². The average Bonchev–Trinajstić information content (AvgIpc) is 3.04. The standard InChI is InChI=1S/C24H18ClNO4S/c1-29-17-11-7-15(8-12-17)21-22(31-18-13-9-16(25)10-14-18)24(28)26(23(21)27)19-5-3-4-6-20(19)30-2/h3-14H,1-2H3. The Hall–Kier alpha value is -3.22. The lowest BCUT2D eigenvalue weighted by Gasteiger charge is -2.18. The first-order chi connectivity index (χ1) is 15.0. The van der Waals surface area contributed by atoms with Gasteiger partial charge in [0.05, 0.1) is 30.4 Å². The molecular weight excluding hydrogens is 434 g/mol. The number of nitrogens with zero attached hydrogens (tertiary/aromatic N) is 1. The maximum absolute atomic E-state index is 13.5. The van der Waals surface area contributed by atoms with E-state index in [0.717, 1.165) is 9.80 Å². The van der Waals surface area contributed by atoms with E-state index >= 15 is 0 Å². The van der Waals surface area contributed by atoms with Crippen LogP contribution in [0.5, 0.6) is 11.5 Å². The van der Waals surface area contributed by atoms with Crippen molar-refractivity contribution in [2.24, 2.45) is 0 Å². The van der Waals surface area contributed by atoms with Crippen LogP contribution in [0.2, 0.25) is 5.02 Å². The molecule has 0 aliphatic carbocycles. The number of carbonyl (C=O) groups excluding carboxylic acids is 2. The van der Waals surface area contributed by atoms with Crippen LogP contribution in [0.15, 0.2) is 82.6 Å². The van der Waals surface area contributed by atoms with Gasteiger partial charge in [-0.1, -0.05) is 47.6 Å². The van der Waals surface area contributed by atoms with Crippen molar-refractivity contribution in [3.63, 3.8) is 0 Å². The van der Waals surface area contributed by atoms with Gasteiger partial charge in [-0.2, -0.15) is 0 Å². The Labute approximate surface area is 189 Å². The maximum atomic E-state index is 13.5. The minimum Gasteiger partial charge on any atom is -0.497 e. The van der Waals surface area contributed by atoms with Crippen LogP contribution in [0.3, 0.4) is 0 Å². The molecule has 5 nitrogen and oxygen atoms in total. The Morgan fingerprint density at radius 2 is 1.48 bits per heavy atom. The molecule has 0 N–H and O–H groups in total. The van der Waals surface area contributed by atoms with Gasteiger partial charge in [0.1, 0.15) is 11.5 Å². The third kappa shape index (κ3) is 4.04. The van der Waals surface area contributed by atoms with E-state index in [1.54, 1.807) is 67.8 Å². The molecule has 0 bridgehead atoms. The highest BCUT2D eigenvalue weighted by atomic mass is 35.5. The van der Waals surface area contributed by atoms with E-state index < -0.39 is 11.8 Å². The first-order valence-corrected chi connectivity index (χ1v) is 10.6. The molecule has 0 aromatic heterocycles. The summed E-state index contributed by atoms with van der Waals surface area (Å²) in [6.07, 6.45) is 0. The van der Waals surface area contributed by atoms with Gasteiger partial charge in [-0.15, -0.1) is 0 Å². The Balaban J connectivity index is 1.83. The van der Waals surface area contributed by atoms with E-state index in [9.17, 15) is 9.59 Å². The second-order valence-electron chi connectivity index (χ2n) is 6.61. The number of hydrogen-bond acceptors (Lipinski definition) is 5. The van der Waals surface area contributed by atoms with E-state index in [1.807, 2.05) is 12.1 Å². The van der Waals surface area contributed by atoms with Crippen LogP contribution in [-0.2, 0) is 9.59 Å². The number of benzene rings is 3. The van der Waals surface area contributed by atoms with Crippen LogP contribution < -0.4 is 14.4 Å². The van der Waals surface area contributed by atoms with Crippen molar-refractivity contribution in [1.82, 2.24) is 0 Å². The Morgan fingerprint density at radius 3 is 2.13 bits per heavy atom. The summed E-state index contributed by atoms with van der Waals surface area (Å²) in [6.45, 7) is 0. The van der Waals surface area contributed by atoms with Crippen molar-refractivity contribution < 1.29 is 19.1 Å². The number of anilines is 1. The van der Waals surface area contributed by atoms with Gasteiger partial charge in [-0.05, 0) is 54.1 Å². The van der Waals surface area contributed by atoms with Gasteiger partial charge in [-0.3, -0.25) is 9.59 Å². The number of methoxy groups -OCH3 is 2. The van der Waals surface area contributed by atoms with Gasteiger partial charge in [0.2, 0.25) is 0 Å². The first kappa shape index (κ1) is 21.0. The van der Waals surface area contributed by atoms with Gasteiger partial charge in [0.15, 0.2) is 0 Å². The van der Waals surface area contributed by atoms with Crippen LogP contribution >= 0.6 is 23.4 Å². The number of imide groups is 1. The van der Waals surface area contributed by atoms with E-state index in [2.05, 4.69) is 0 Å². The molecule has 0 radical (unpaired) electrons. The monoisotopic (exact) mass is 451 g/mol. The summed E-state index contributed by atoms with van der Waals surface area (Å²) < 4.78 is 10.6. The summed E-state index contributed by atoms with van der Waals surface area (Å²) in [6, 6.07) is 21.1. The predicted octanol–water partition coefficient (Wildman–Crippen LogP) is 5.43. The fraction of sp³-hybridized carbons (Fsp3) is 0.0833. The Kier molecular flexibility index (Phi) is 6.02. The van der Waals surface area contributed by atoms with Crippen LogP contribution in [0.1, 0.15) is 5.56 Å². The number of carbonyl (C=O) groups is 2. The molecule has 1 aliphatic rings. The highest BCUT2D eigenvalue weighted by molar-refractivity contribution is 8.04. The third-order valence-electron chi connectivity index (χ3n) is 4.78. The highest BCUT2D eigenvalue weighted by Gasteiger charge is 2.41. The molecule has 3 aromatic rings. The van der Waals surface area contributed by atoms with Crippen LogP contribution in [-0.4, -0.2) is 26.0 Å². The summed E-state index contributed by atoms with van der Waals surface area (Å²) in [4.78, 5) is 29.3. The number of para-hydroxylation sites is 2. The van der Waals surface area contributed by atoms with Gasteiger partial charge in [0, 0.05) is 9.92 Å². The molecule has 0 atom stereocenters. The van der Waals surface area contributed by atoms with Crippen molar-refractivity contribution in [2.75, 3.05) is 19.1 Å². The molecule has 7 heteroatoms. The minimum atomic E-state index is -0.406. The van der Waals surface area contributed by atoms with E-state index in [1.165, 1.54) is 18.9 Å². The first-order valence-electron chi connectivity index (χ1n) is 9.37. The normalized spacial score (nSPS) is 13.7. The SMILES string of the molecule is COc1ccc(C2=C(Sc3ccc(Cl)cc3)C(=O)N(c3ccccc3OC)C2=O)cc1. The quantitative estimate of drug-likeness (QED) is 0.467. The lowest BCUT2D eigenvalue weighted by atomic mass is 10.1. The summed E-state index contributed by atoms with van der Waals surface area (Å²) in [5, 5.41) is 0.596. The molecule has 31 heavy (non-hydrogen) atoms. The zero-order valence-electron chi connectivity index (χ0n) is 16.8. The highest BCUT2D eigenvalue weighted by Crippen LogP contribution is 2.43. The fourth-order valence-electron chi connectivity index (χ4n) is 3.27. The van der Waals surface area contributed by atoms with E-state index in [-0.39, 0.29) is 0 Å². The Morgan fingerprint density at radius 1 is 0.806 bits per heavy atom. The van der Waals surface area contributed by atoms with Gasteiger partial charge >= 0.3 is 0 Å². The topological polar surface area (TPSA) is 55.8 Å². The molecule has 0 unspecified atom stereocenters. The van der Waals surface area contributed by atoms with E-state index in [4.69, 9.17) is 21.1 Å². The molecule has 3 aromatic carbocycles. The molecule has 1 aliphatic heterocycles. The molecule has 0 saturated heterocycles. The van der Waals surface area contributed by atoms with Crippen LogP contribution in [0.4, 0.5) is 5.69 Å². The smallest absolute Gasteiger partial charge is 0.273 e. The predicted molar refractivity (Wildman–Crippen MR) is 123 cm³/mol. The van der Waals surface area contributed by atoms with Crippen molar-refractivity contribution in [2.45, 2.75) is 4.90 Å². The molecular formula is C24H18ClNO4S. The maximum Gasteiger partial charge on any atom is 0.273 e. The van der Waals surface area contributed by atoms with Gasteiger partial charge in [-0.25, -0.2) is 4.90 Å². The van der Waals surface area contributed by atoms with Gasteiger partial charge < -0.3 is 9.47 Å². The number of amides is 2. The number of rotatable bonds is 6. The average molecular weight is 452 g/mol. The van der Waals surface area contributed by atoms with E-state index in [0.29, 0.717) is 38.3 Å². The number of thioether (sulfide) groups is 1. The van der Waals surface area contributed by atoms with Gasteiger partial charge in [0.25, 0.3) is 11.8 Å². The van der Waals surface area contributed by atoms with Crippen LogP contribution in [0.25, 0.3) is 5.57 Å².